The molecule has 0 spiro atoms. The van der Waals surface area contributed by atoms with E-state index < -0.39 is 23.4 Å². The summed E-state index contributed by atoms with van der Waals surface area (Å²) in [7, 11) is 3.12. The van der Waals surface area contributed by atoms with Crippen molar-refractivity contribution < 1.29 is 36.8 Å². The summed E-state index contributed by atoms with van der Waals surface area (Å²) in [6.07, 6.45) is 4.88. The standard InChI is InChI=1S/C65H53F2N5O6/c1-39(20-21-40-12-5-4-6-13-40)70-62(73)46-16-9-14-43(34-46)44-26-31-56-51(36-44)59(61(77-56)42-24-29-49(67)30-25-42)65(76)71(3)55-38-57-52(58(63(74)68-2)60(78-57)41-22-27-48(66)28-23-41)37-50(55)45-15-10-17-47(35-45)64(75)72-33-11-19-54(72)53-18-7-8-32-69-53/h4-10,12-18,22-32,34-39,54H,11,19-21,33H2,1-3H3,(H,68,74)(H,70,73). The summed E-state index contributed by atoms with van der Waals surface area (Å²) in [4.78, 5) is 65.8. The average Bonchev–Trinajstić information content (AvgIpc) is 4.42. The predicted octanol–water partition coefficient (Wildman–Crippen LogP) is 13.9. The number of carbonyl (C=O) groups is 4. The van der Waals surface area contributed by atoms with E-state index in [2.05, 4.69) is 27.8 Å². The maximum absolute atomic E-state index is 15.8. The number of hydrogen-bond acceptors (Lipinski definition) is 7. The average molecular weight is 1040 g/mol. The van der Waals surface area contributed by atoms with Gasteiger partial charge in [-0.3, -0.25) is 24.2 Å². The lowest BCUT2D eigenvalue weighted by atomic mass is 9.95. The summed E-state index contributed by atoms with van der Waals surface area (Å²) in [6, 6.07) is 50.2. The van der Waals surface area contributed by atoms with Gasteiger partial charge in [-0.2, -0.15) is 0 Å². The second-order valence-electron chi connectivity index (χ2n) is 19.6. The van der Waals surface area contributed by atoms with Crippen LogP contribution in [0.15, 0.2) is 191 Å². The van der Waals surface area contributed by atoms with E-state index in [1.807, 2.05) is 84.6 Å². The Morgan fingerprint density at radius 1 is 0.654 bits per heavy atom. The number of benzene rings is 7. The molecule has 11 nitrogen and oxygen atoms in total. The summed E-state index contributed by atoms with van der Waals surface area (Å²) >= 11 is 0. The minimum atomic E-state index is -0.511. The molecule has 10 aromatic rings. The Hall–Kier alpha value is -9.49. The Balaban J connectivity index is 1.02. The van der Waals surface area contributed by atoms with Gasteiger partial charge in [0.25, 0.3) is 23.6 Å². The maximum atomic E-state index is 15.8. The van der Waals surface area contributed by atoms with Crippen molar-refractivity contribution in [1.29, 1.82) is 0 Å². The molecule has 0 saturated carbocycles. The van der Waals surface area contributed by atoms with Crippen LogP contribution < -0.4 is 15.5 Å². The van der Waals surface area contributed by atoms with Crippen LogP contribution in [0.5, 0.6) is 0 Å². The molecular weight excluding hydrogens is 985 g/mol. The topological polar surface area (TPSA) is 138 Å². The van der Waals surface area contributed by atoms with Crippen LogP contribution in [0.1, 0.15) is 84.9 Å². The molecule has 1 aliphatic heterocycles. The van der Waals surface area contributed by atoms with Gasteiger partial charge in [0.05, 0.1) is 28.6 Å². The number of hydrogen-bond donors (Lipinski definition) is 2. The number of nitrogens with one attached hydrogen (secondary N) is 2. The van der Waals surface area contributed by atoms with Crippen molar-refractivity contribution in [3.63, 3.8) is 0 Å². The van der Waals surface area contributed by atoms with Crippen LogP contribution >= 0.6 is 0 Å². The molecule has 0 aliphatic carbocycles. The summed E-state index contributed by atoms with van der Waals surface area (Å²) in [5.74, 6) is -1.93. The molecule has 11 rings (SSSR count). The Bertz CT molecular complexity index is 3900. The fourth-order valence-corrected chi connectivity index (χ4v) is 10.5. The second-order valence-corrected chi connectivity index (χ2v) is 19.6. The van der Waals surface area contributed by atoms with Gasteiger partial charge in [0.2, 0.25) is 0 Å². The highest BCUT2D eigenvalue weighted by atomic mass is 19.1. The second kappa shape index (κ2) is 21.6. The highest BCUT2D eigenvalue weighted by molar-refractivity contribution is 6.20. The Morgan fingerprint density at radius 3 is 1.99 bits per heavy atom. The molecule has 13 heteroatoms. The number of aryl methyl sites for hydroxylation is 1. The zero-order chi connectivity index (χ0) is 54.0. The van der Waals surface area contributed by atoms with Crippen LogP contribution in [0.3, 0.4) is 0 Å². The van der Waals surface area contributed by atoms with Gasteiger partial charge in [-0.15, -0.1) is 0 Å². The smallest absolute Gasteiger partial charge is 0.262 e. The van der Waals surface area contributed by atoms with E-state index in [0.29, 0.717) is 67.5 Å². The molecule has 1 saturated heterocycles. The van der Waals surface area contributed by atoms with Gasteiger partial charge >= 0.3 is 0 Å². The molecule has 7 aromatic carbocycles. The normalized spacial score (nSPS) is 13.7. The van der Waals surface area contributed by atoms with E-state index in [1.54, 1.807) is 67.8 Å². The first-order valence-electron chi connectivity index (χ1n) is 25.9. The summed E-state index contributed by atoms with van der Waals surface area (Å²) in [6.45, 7) is 2.53. The maximum Gasteiger partial charge on any atom is 0.262 e. The Kier molecular flexibility index (Phi) is 14.0. The van der Waals surface area contributed by atoms with Gasteiger partial charge in [-0.1, -0.05) is 66.7 Å². The van der Waals surface area contributed by atoms with Crippen molar-refractivity contribution in [3.8, 4) is 44.9 Å². The van der Waals surface area contributed by atoms with Crippen LogP contribution in [-0.4, -0.2) is 60.2 Å². The van der Waals surface area contributed by atoms with E-state index in [-0.39, 0.29) is 52.1 Å². The number of likely N-dealkylation sites (tertiary alicyclic amines) is 1. The first-order valence-corrected chi connectivity index (χ1v) is 25.9. The third-order valence-electron chi connectivity index (χ3n) is 14.5. The molecule has 4 heterocycles. The summed E-state index contributed by atoms with van der Waals surface area (Å²) in [5.41, 5.74) is 7.59. The number of halogens is 2. The van der Waals surface area contributed by atoms with Gasteiger partial charge in [0, 0.05) is 77.5 Å². The molecule has 388 valence electrons. The van der Waals surface area contributed by atoms with Gasteiger partial charge in [-0.05, 0) is 158 Å². The lowest BCUT2D eigenvalue weighted by molar-refractivity contribution is 0.0732. The molecular formula is C65H53F2N5O6. The van der Waals surface area contributed by atoms with Gasteiger partial charge in [-0.25, -0.2) is 8.78 Å². The van der Waals surface area contributed by atoms with Gasteiger partial charge < -0.3 is 29.3 Å². The molecule has 4 amide bonds. The van der Waals surface area contributed by atoms with E-state index in [1.165, 1.54) is 53.9 Å². The molecule has 0 radical (unpaired) electrons. The third kappa shape index (κ3) is 10.1. The van der Waals surface area contributed by atoms with Crippen molar-refractivity contribution >= 4 is 51.3 Å². The Labute approximate surface area is 449 Å². The highest BCUT2D eigenvalue weighted by Crippen LogP contribution is 2.44. The minimum Gasteiger partial charge on any atom is -0.455 e. The third-order valence-corrected chi connectivity index (χ3v) is 14.5. The lowest BCUT2D eigenvalue weighted by Crippen LogP contribution is -2.32. The van der Waals surface area contributed by atoms with Crippen molar-refractivity contribution in [2.24, 2.45) is 0 Å². The highest BCUT2D eigenvalue weighted by Gasteiger charge is 2.33. The largest absolute Gasteiger partial charge is 0.455 e. The molecule has 2 atom stereocenters. The number of amides is 4. The van der Waals surface area contributed by atoms with Crippen LogP contribution in [0.2, 0.25) is 0 Å². The Morgan fingerprint density at radius 2 is 1.28 bits per heavy atom. The molecule has 0 bridgehead atoms. The molecule has 2 N–H and O–H groups in total. The zero-order valence-corrected chi connectivity index (χ0v) is 43.1. The van der Waals surface area contributed by atoms with Gasteiger partial charge in [0.1, 0.15) is 34.3 Å². The number of aromatic nitrogens is 1. The SMILES string of the molecule is CNC(=O)c1c(-c2ccc(F)cc2)oc2cc(N(C)C(=O)c3c(-c4ccc(F)cc4)oc4ccc(-c5cccc(C(=O)NC(C)CCc6ccccc6)c5)cc34)c(-c3cccc(C(=O)N4CCCC4c4ccccn4)c3)cc12. The van der Waals surface area contributed by atoms with Crippen LogP contribution in [0.25, 0.3) is 66.8 Å². The predicted molar refractivity (Wildman–Crippen MR) is 299 cm³/mol. The number of pyridine rings is 1. The fourth-order valence-electron chi connectivity index (χ4n) is 10.5. The molecule has 78 heavy (non-hydrogen) atoms. The quantitative estimate of drug-likeness (QED) is 0.111. The van der Waals surface area contributed by atoms with Crippen molar-refractivity contribution in [2.75, 3.05) is 25.5 Å². The number of furan rings is 2. The fraction of sp³-hybridized carbons (Fsp3) is 0.154. The van der Waals surface area contributed by atoms with Crippen molar-refractivity contribution in [3.05, 3.63) is 227 Å². The van der Waals surface area contributed by atoms with Crippen LogP contribution in [-0.2, 0) is 6.42 Å². The number of anilines is 1. The first-order chi connectivity index (χ1) is 37.9. The number of carbonyl (C=O) groups excluding carboxylic acids is 4. The summed E-state index contributed by atoms with van der Waals surface area (Å²) < 4.78 is 41.9. The summed E-state index contributed by atoms with van der Waals surface area (Å²) in [5, 5.41) is 6.72. The minimum absolute atomic E-state index is 0.0883. The number of nitrogens with zero attached hydrogens (tertiary/aromatic N) is 3. The molecule has 1 fully saturated rings. The lowest BCUT2D eigenvalue weighted by Gasteiger charge is -2.25. The van der Waals surface area contributed by atoms with E-state index in [0.717, 1.165) is 36.9 Å². The van der Waals surface area contributed by atoms with Crippen molar-refractivity contribution in [1.82, 2.24) is 20.5 Å². The first kappa shape index (κ1) is 50.7. The molecule has 2 unspecified atom stereocenters. The van der Waals surface area contributed by atoms with Crippen LogP contribution in [0.4, 0.5) is 14.5 Å². The zero-order valence-electron chi connectivity index (χ0n) is 43.1. The van der Waals surface area contributed by atoms with Crippen LogP contribution in [0, 0.1) is 11.6 Å². The number of rotatable bonds is 14. The monoisotopic (exact) mass is 1040 g/mol. The van der Waals surface area contributed by atoms with E-state index in [4.69, 9.17) is 8.83 Å². The van der Waals surface area contributed by atoms with Crippen molar-refractivity contribution in [2.45, 2.75) is 44.7 Å². The van der Waals surface area contributed by atoms with E-state index in [9.17, 15) is 23.2 Å². The molecule has 3 aromatic heterocycles. The van der Waals surface area contributed by atoms with Gasteiger partial charge in [0.15, 0.2) is 0 Å². The van der Waals surface area contributed by atoms with E-state index >= 15 is 4.79 Å². The number of fused-ring (bicyclic) bond motifs is 2. The molecule has 1 aliphatic rings.